The van der Waals surface area contributed by atoms with Gasteiger partial charge in [-0.25, -0.2) is 9.78 Å². The maximum Gasteiger partial charge on any atom is 0.337 e. The lowest BCUT2D eigenvalue weighted by molar-refractivity contribution is -0.385. The Bertz CT molecular complexity index is 732. The quantitative estimate of drug-likeness (QED) is 0.685. The predicted octanol–water partition coefficient (Wildman–Crippen LogP) is 3.44. The fourth-order valence-electron chi connectivity index (χ4n) is 1.67. The highest BCUT2D eigenvalue weighted by Crippen LogP contribution is 2.37. The highest BCUT2D eigenvalue weighted by Gasteiger charge is 2.20. The SMILES string of the molecule is Cc1nc(Oc2c(Cl)cccc2[N+](=O)[O-])ccc1C(=O)O. The molecule has 0 spiro atoms. The summed E-state index contributed by atoms with van der Waals surface area (Å²) in [6, 6.07) is 6.74. The Labute approximate surface area is 123 Å². The average Bonchev–Trinajstić information content (AvgIpc) is 2.40. The molecule has 21 heavy (non-hydrogen) atoms. The lowest BCUT2D eigenvalue weighted by Gasteiger charge is -2.08. The second kappa shape index (κ2) is 5.76. The number of hydrogen-bond acceptors (Lipinski definition) is 5. The Morgan fingerprint density at radius 1 is 1.38 bits per heavy atom. The van der Waals surface area contributed by atoms with Crippen molar-refractivity contribution in [3.8, 4) is 11.6 Å². The van der Waals surface area contributed by atoms with Crippen LogP contribution in [0.4, 0.5) is 5.69 Å². The van der Waals surface area contributed by atoms with Gasteiger partial charge in [-0.05, 0) is 19.1 Å². The number of ether oxygens (including phenoxy) is 1. The normalized spacial score (nSPS) is 10.2. The number of nitro groups is 1. The summed E-state index contributed by atoms with van der Waals surface area (Å²) in [5, 5.41) is 19.9. The Balaban J connectivity index is 2.41. The van der Waals surface area contributed by atoms with Crippen molar-refractivity contribution in [2.24, 2.45) is 0 Å². The number of halogens is 1. The molecule has 1 heterocycles. The minimum atomic E-state index is -1.12. The molecule has 2 rings (SSSR count). The number of carbonyl (C=O) groups is 1. The van der Waals surface area contributed by atoms with Gasteiger partial charge in [-0.1, -0.05) is 17.7 Å². The highest BCUT2D eigenvalue weighted by molar-refractivity contribution is 6.32. The van der Waals surface area contributed by atoms with E-state index in [1.165, 1.54) is 37.3 Å². The molecular formula is C13H9ClN2O5. The number of benzene rings is 1. The summed E-state index contributed by atoms with van der Waals surface area (Å²) in [6.45, 7) is 1.50. The molecule has 7 nitrogen and oxygen atoms in total. The zero-order chi connectivity index (χ0) is 15.6. The smallest absolute Gasteiger partial charge is 0.337 e. The van der Waals surface area contributed by atoms with Crippen molar-refractivity contribution in [3.05, 3.63) is 56.7 Å². The van der Waals surface area contributed by atoms with Gasteiger partial charge in [0.1, 0.15) is 0 Å². The van der Waals surface area contributed by atoms with E-state index in [2.05, 4.69) is 4.98 Å². The summed E-state index contributed by atoms with van der Waals surface area (Å²) < 4.78 is 5.34. The molecule has 0 amide bonds. The summed E-state index contributed by atoms with van der Waals surface area (Å²) >= 11 is 5.89. The van der Waals surface area contributed by atoms with E-state index in [0.717, 1.165) is 0 Å². The Kier molecular flexibility index (Phi) is 4.04. The van der Waals surface area contributed by atoms with E-state index in [0.29, 0.717) is 0 Å². The molecule has 0 aliphatic heterocycles. The molecule has 0 aliphatic rings. The Morgan fingerprint density at radius 3 is 2.67 bits per heavy atom. The van der Waals surface area contributed by atoms with Crippen molar-refractivity contribution in [3.63, 3.8) is 0 Å². The molecule has 1 aromatic heterocycles. The molecular weight excluding hydrogens is 300 g/mol. The lowest BCUT2D eigenvalue weighted by atomic mass is 10.2. The van der Waals surface area contributed by atoms with E-state index in [-0.39, 0.29) is 33.6 Å². The van der Waals surface area contributed by atoms with E-state index in [9.17, 15) is 14.9 Å². The number of carboxylic acid groups (broad SMARTS) is 1. The van der Waals surface area contributed by atoms with Crippen molar-refractivity contribution < 1.29 is 19.6 Å². The molecule has 0 saturated heterocycles. The van der Waals surface area contributed by atoms with Crippen LogP contribution in [0, 0.1) is 17.0 Å². The fourth-order valence-corrected chi connectivity index (χ4v) is 1.88. The minimum absolute atomic E-state index is 0.0219. The van der Waals surface area contributed by atoms with Gasteiger partial charge in [0.15, 0.2) is 0 Å². The largest absolute Gasteiger partial charge is 0.478 e. The van der Waals surface area contributed by atoms with Crippen molar-refractivity contribution >= 4 is 23.3 Å². The van der Waals surface area contributed by atoms with Gasteiger partial charge in [-0.3, -0.25) is 10.1 Å². The first-order chi connectivity index (χ1) is 9.90. The van der Waals surface area contributed by atoms with Gasteiger partial charge in [0.2, 0.25) is 11.6 Å². The number of hydrogen-bond donors (Lipinski definition) is 1. The first-order valence-electron chi connectivity index (χ1n) is 5.72. The third kappa shape index (κ3) is 3.09. The second-order valence-electron chi connectivity index (χ2n) is 4.03. The zero-order valence-electron chi connectivity index (χ0n) is 10.7. The van der Waals surface area contributed by atoms with Crippen LogP contribution in [0.2, 0.25) is 5.02 Å². The first-order valence-corrected chi connectivity index (χ1v) is 6.09. The van der Waals surface area contributed by atoms with Crippen LogP contribution in [0.5, 0.6) is 11.6 Å². The number of aryl methyl sites for hydroxylation is 1. The Hall–Kier alpha value is -2.67. The van der Waals surface area contributed by atoms with E-state index >= 15 is 0 Å². The van der Waals surface area contributed by atoms with Crippen molar-refractivity contribution in [1.29, 1.82) is 0 Å². The van der Waals surface area contributed by atoms with E-state index < -0.39 is 10.9 Å². The maximum absolute atomic E-state index is 10.9. The zero-order valence-corrected chi connectivity index (χ0v) is 11.5. The van der Waals surface area contributed by atoms with Crippen LogP contribution < -0.4 is 4.74 Å². The molecule has 8 heteroatoms. The standard InChI is InChI=1S/C13H9ClN2O5/c1-7-8(13(17)18)5-6-11(15-7)21-12-9(14)3-2-4-10(12)16(19)20/h2-6H,1H3,(H,17,18). The maximum atomic E-state index is 10.9. The van der Waals surface area contributed by atoms with E-state index in [4.69, 9.17) is 21.4 Å². The van der Waals surface area contributed by atoms with Gasteiger partial charge < -0.3 is 9.84 Å². The number of pyridine rings is 1. The molecule has 0 aliphatic carbocycles. The molecule has 0 unspecified atom stereocenters. The van der Waals surface area contributed by atoms with Crippen LogP contribution in [0.15, 0.2) is 30.3 Å². The molecule has 0 bridgehead atoms. The third-order valence-corrected chi connectivity index (χ3v) is 2.94. The van der Waals surface area contributed by atoms with Gasteiger partial charge in [0, 0.05) is 12.1 Å². The van der Waals surface area contributed by atoms with Crippen LogP contribution in [0.25, 0.3) is 0 Å². The molecule has 1 aromatic carbocycles. The van der Waals surface area contributed by atoms with Crippen LogP contribution in [0.1, 0.15) is 16.1 Å². The van der Waals surface area contributed by atoms with Crippen LogP contribution in [0.3, 0.4) is 0 Å². The summed E-state index contributed by atoms with van der Waals surface area (Å²) in [7, 11) is 0. The second-order valence-corrected chi connectivity index (χ2v) is 4.44. The number of carboxylic acids is 1. The molecule has 2 aromatic rings. The van der Waals surface area contributed by atoms with E-state index in [1.807, 2.05) is 0 Å². The summed E-state index contributed by atoms with van der Waals surface area (Å²) in [6.07, 6.45) is 0. The number of aromatic carboxylic acids is 1. The van der Waals surface area contributed by atoms with Crippen molar-refractivity contribution in [2.75, 3.05) is 0 Å². The highest BCUT2D eigenvalue weighted by atomic mass is 35.5. The van der Waals surface area contributed by atoms with Gasteiger partial charge in [-0.15, -0.1) is 0 Å². The fraction of sp³-hybridized carbons (Fsp3) is 0.0769. The number of rotatable bonds is 4. The molecule has 0 radical (unpaired) electrons. The summed E-state index contributed by atoms with van der Waals surface area (Å²) in [5.41, 5.74) is -0.0463. The molecule has 0 fully saturated rings. The van der Waals surface area contributed by atoms with Gasteiger partial charge in [-0.2, -0.15) is 0 Å². The molecule has 0 saturated carbocycles. The number of aromatic nitrogens is 1. The van der Waals surface area contributed by atoms with Crippen molar-refractivity contribution in [1.82, 2.24) is 4.98 Å². The molecule has 0 atom stereocenters. The van der Waals surface area contributed by atoms with Crippen molar-refractivity contribution in [2.45, 2.75) is 6.92 Å². The monoisotopic (exact) mass is 308 g/mol. The predicted molar refractivity (Wildman–Crippen MR) is 74.1 cm³/mol. The number of nitro benzene ring substituents is 1. The summed E-state index contributed by atoms with van der Waals surface area (Å²) in [4.78, 5) is 25.2. The Morgan fingerprint density at radius 2 is 2.10 bits per heavy atom. The van der Waals surface area contributed by atoms with Gasteiger partial charge >= 0.3 is 11.7 Å². The topological polar surface area (TPSA) is 103 Å². The van der Waals surface area contributed by atoms with E-state index in [1.54, 1.807) is 0 Å². The van der Waals surface area contributed by atoms with Gasteiger partial charge in [0.05, 0.1) is 21.2 Å². The molecule has 108 valence electrons. The third-order valence-electron chi connectivity index (χ3n) is 2.64. The summed E-state index contributed by atoms with van der Waals surface area (Å²) in [5.74, 6) is -1.23. The number of para-hydroxylation sites is 1. The minimum Gasteiger partial charge on any atom is -0.478 e. The van der Waals surface area contributed by atoms with Crippen LogP contribution in [-0.4, -0.2) is 21.0 Å². The molecule has 1 N–H and O–H groups in total. The lowest BCUT2D eigenvalue weighted by Crippen LogP contribution is -2.03. The van der Waals surface area contributed by atoms with Crippen LogP contribution >= 0.6 is 11.6 Å². The van der Waals surface area contributed by atoms with Gasteiger partial charge in [0.25, 0.3) is 0 Å². The number of nitrogens with zero attached hydrogens (tertiary/aromatic N) is 2. The average molecular weight is 309 g/mol. The van der Waals surface area contributed by atoms with Crippen LogP contribution in [-0.2, 0) is 0 Å². The first kappa shape index (κ1) is 14.7.